The van der Waals surface area contributed by atoms with Gasteiger partial charge in [-0.15, -0.1) is 0 Å². The van der Waals surface area contributed by atoms with E-state index in [-0.39, 0.29) is 12.5 Å². The number of nitrogens with zero attached hydrogens (tertiary/aromatic N) is 1. The number of aliphatic hydroxyl groups excluding tert-OH is 1. The fourth-order valence-electron chi connectivity index (χ4n) is 1.49. The molecule has 0 saturated carbocycles. The Morgan fingerprint density at radius 2 is 2.05 bits per heavy atom. The maximum Gasteiger partial charge on any atom is 0.245 e. The van der Waals surface area contributed by atoms with E-state index in [4.69, 9.17) is 5.11 Å². The van der Waals surface area contributed by atoms with Gasteiger partial charge in [0.05, 0.1) is 17.5 Å². The Morgan fingerprint density at radius 1 is 1.40 bits per heavy atom. The van der Waals surface area contributed by atoms with Crippen LogP contribution in [0.4, 0.5) is 5.69 Å². The zero-order chi connectivity index (χ0) is 15.0. The summed E-state index contributed by atoms with van der Waals surface area (Å²) in [5.74, 6) is -0.815. The van der Waals surface area contributed by atoms with E-state index < -0.39 is 18.6 Å². The van der Waals surface area contributed by atoms with Gasteiger partial charge in [-0.05, 0) is 29.9 Å². The van der Waals surface area contributed by atoms with Gasteiger partial charge >= 0.3 is 0 Å². The Balaban J connectivity index is 2.55. The molecule has 0 aliphatic rings. The van der Waals surface area contributed by atoms with E-state index in [1.807, 2.05) is 0 Å². The Hall–Kier alpha value is -2.08. The average Bonchev–Trinajstić information content (AvgIpc) is 2.43. The number of isothiocyanates is 1. The van der Waals surface area contributed by atoms with Crippen LogP contribution in [-0.4, -0.2) is 34.7 Å². The maximum atomic E-state index is 11.7. The third kappa shape index (κ3) is 5.27. The number of hydrogen-bond donors (Lipinski definition) is 3. The van der Waals surface area contributed by atoms with Crippen LogP contribution >= 0.6 is 12.2 Å². The molecule has 0 bridgehead atoms. The molecule has 0 spiro atoms. The topological polar surface area (TPSA) is 90.8 Å². The summed E-state index contributed by atoms with van der Waals surface area (Å²) in [6.45, 7) is 1.12. The molecule has 1 atom stereocenters. The molecular weight excluding hydrogens is 278 g/mol. The Kier molecular flexibility index (Phi) is 6.52. The number of hydrogen-bond acceptors (Lipinski definition) is 5. The minimum atomic E-state index is -0.939. The van der Waals surface area contributed by atoms with Crippen molar-refractivity contribution in [3.8, 4) is 0 Å². The van der Waals surface area contributed by atoms with Gasteiger partial charge in [0, 0.05) is 13.5 Å². The van der Waals surface area contributed by atoms with Gasteiger partial charge in [-0.1, -0.05) is 12.1 Å². The SMILES string of the molecule is CC(=O)N[C@@H](CO)C(=O)NCc1ccc(N=C=S)cc1. The summed E-state index contributed by atoms with van der Waals surface area (Å²) in [4.78, 5) is 26.4. The van der Waals surface area contributed by atoms with E-state index >= 15 is 0 Å². The van der Waals surface area contributed by atoms with Crippen molar-refractivity contribution in [2.75, 3.05) is 6.61 Å². The third-order valence-electron chi connectivity index (χ3n) is 2.45. The summed E-state index contributed by atoms with van der Waals surface area (Å²) in [6.07, 6.45) is 0. The summed E-state index contributed by atoms with van der Waals surface area (Å²) >= 11 is 4.50. The summed E-state index contributed by atoms with van der Waals surface area (Å²) in [7, 11) is 0. The lowest BCUT2D eigenvalue weighted by Gasteiger charge is -2.15. The number of carbonyl (C=O) groups excluding carboxylic acids is 2. The third-order valence-corrected chi connectivity index (χ3v) is 2.55. The number of rotatable bonds is 6. The summed E-state index contributed by atoms with van der Waals surface area (Å²) < 4.78 is 0. The lowest BCUT2D eigenvalue weighted by Crippen LogP contribution is -2.48. The molecule has 0 radical (unpaired) electrons. The fourth-order valence-corrected chi connectivity index (χ4v) is 1.60. The molecule has 3 N–H and O–H groups in total. The van der Waals surface area contributed by atoms with Crippen molar-refractivity contribution in [3.05, 3.63) is 29.8 Å². The number of nitrogens with one attached hydrogen (secondary N) is 2. The molecule has 0 heterocycles. The van der Waals surface area contributed by atoms with Crippen LogP contribution in [0.2, 0.25) is 0 Å². The molecule has 0 fully saturated rings. The monoisotopic (exact) mass is 293 g/mol. The second-order valence-corrected chi connectivity index (χ2v) is 4.21. The van der Waals surface area contributed by atoms with Gasteiger partial charge in [0.1, 0.15) is 6.04 Å². The van der Waals surface area contributed by atoms with Crippen LogP contribution in [0.1, 0.15) is 12.5 Å². The Labute approximate surface area is 121 Å². The molecule has 0 unspecified atom stereocenters. The standard InChI is InChI=1S/C13H15N3O3S/c1-9(18)16-12(7-17)13(19)14-6-10-2-4-11(5-3-10)15-8-20/h2-5,12,17H,6-7H2,1H3,(H,14,19)(H,16,18)/t12-/m0/s1. The van der Waals surface area contributed by atoms with E-state index in [2.05, 4.69) is 33.0 Å². The molecule has 7 heteroatoms. The van der Waals surface area contributed by atoms with Crippen LogP contribution in [0.15, 0.2) is 29.3 Å². The van der Waals surface area contributed by atoms with Crippen molar-refractivity contribution in [2.45, 2.75) is 19.5 Å². The van der Waals surface area contributed by atoms with Crippen molar-refractivity contribution in [2.24, 2.45) is 4.99 Å². The normalized spacial score (nSPS) is 11.1. The zero-order valence-corrected chi connectivity index (χ0v) is 11.7. The highest BCUT2D eigenvalue weighted by molar-refractivity contribution is 7.78. The predicted octanol–water partition coefficient (Wildman–Crippen LogP) is 0.534. The van der Waals surface area contributed by atoms with E-state index in [9.17, 15) is 9.59 Å². The van der Waals surface area contributed by atoms with Gasteiger partial charge in [-0.3, -0.25) is 9.59 Å². The molecule has 1 rings (SSSR count). The second-order valence-electron chi connectivity index (χ2n) is 4.02. The minimum Gasteiger partial charge on any atom is -0.394 e. The van der Waals surface area contributed by atoms with Crippen molar-refractivity contribution >= 4 is 34.9 Å². The van der Waals surface area contributed by atoms with Crippen molar-refractivity contribution in [1.29, 1.82) is 0 Å². The van der Waals surface area contributed by atoms with Crippen molar-refractivity contribution in [3.63, 3.8) is 0 Å². The van der Waals surface area contributed by atoms with Crippen LogP contribution in [0.5, 0.6) is 0 Å². The number of aliphatic hydroxyl groups is 1. The van der Waals surface area contributed by atoms with Gasteiger partial charge < -0.3 is 15.7 Å². The van der Waals surface area contributed by atoms with Crippen LogP contribution in [0.3, 0.4) is 0 Å². The van der Waals surface area contributed by atoms with E-state index in [0.29, 0.717) is 5.69 Å². The summed E-state index contributed by atoms with van der Waals surface area (Å²) in [6, 6.07) is 6.14. The zero-order valence-electron chi connectivity index (χ0n) is 10.9. The van der Waals surface area contributed by atoms with E-state index in [1.165, 1.54) is 6.92 Å². The van der Waals surface area contributed by atoms with Gasteiger partial charge in [0.25, 0.3) is 0 Å². The summed E-state index contributed by atoms with van der Waals surface area (Å²) in [5.41, 5.74) is 1.54. The quantitative estimate of drug-likeness (QED) is 0.527. The molecule has 1 aromatic rings. The molecule has 0 aliphatic heterocycles. The minimum absolute atomic E-state index is 0.288. The van der Waals surface area contributed by atoms with Crippen LogP contribution in [0.25, 0.3) is 0 Å². The largest absolute Gasteiger partial charge is 0.394 e. The molecule has 6 nitrogen and oxygen atoms in total. The van der Waals surface area contributed by atoms with Crippen LogP contribution < -0.4 is 10.6 Å². The number of amides is 2. The van der Waals surface area contributed by atoms with Gasteiger partial charge in [-0.25, -0.2) is 0 Å². The van der Waals surface area contributed by atoms with E-state index in [0.717, 1.165) is 5.56 Å². The van der Waals surface area contributed by atoms with Crippen molar-refractivity contribution in [1.82, 2.24) is 10.6 Å². The summed E-state index contributed by atoms with van der Waals surface area (Å²) in [5, 5.41) is 16.3. The number of benzene rings is 1. The van der Waals surface area contributed by atoms with Crippen molar-refractivity contribution < 1.29 is 14.7 Å². The van der Waals surface area contributed by atoms with Gasteiger partial charge in [0.15, 0.2) is 0 Å². The lowest BCUT2D eigenvalue weighted by molar-refractivity contribution is -0.129. The molecule has 2 amide bonds. The first-order valence-electron chi connectivity index (χ1n) is 5.89. The second kappa shape index (κ2) is 8.16. The van der Waals surface area contributed by atoms with Gasteiger partial charge in [0.2, 0.25) is 11.8 Å². The molecule has 1 aromatic carbocycles. The van der Waals surface area contributed by atoms with Crippen LogP contribution in [0, 0.1) is 0 Å². The first-order valence-corrected chi connectivity index (χ1v) is 6.30. The number of aliphatic imine (C=N–C) groups is 1. The fraction of sp³-hybridized carbons (Fsp3) is 0.308. The predicted molar refractivity (Wildman–Crippen MR) is 77.7 cm³/mol. The smallest absolute Gasteiger partial charge is 0.245 e. The average molecular weight is 293 g/mol. The highest BCUT2D eigenvalue weighted by Crippen LogP contribution is 2.11. The molecular formula is C13H15N3O3S. The molecule has 106 valence electrons. The Morgan fingerprint density at radius 3 is 2.55 bits per heavy atom. The lowest BCUT2D eigenvalue weighted by atomic mass is 10.2. The van der Waals surface area contributed by atoms with Gasteiger partial charge in [-0.2, -0.15) is 4.99 Å². The molecule has 0 saturated heterocycles. The first-order chi connectivity index (χ1) is 9.56. The highest BCUT2D eigenvalue weighted by Gasteiger charge is 2.17. The first kappa shape index (κ1) is 16.0. The highest BCUT2D eigenvalue weighted by atomic mass is 32.1. The molecule has 20 heavy (non-hydrogen) atoms. The number of carbonyl (C=O) groups is 2. The molecule has 0 aliphatic carbocycles. The number of thiocarbonyl (C=S) groups is 1. The maximum absolute atomic E-state index is 11.7. The molecule has 0 aromatic heterocycles. The van der Waals surface area contributed by atoms with E-state index in [1.54, 1.807) is 24.3 Å². The van der Waals surface area contributed by atoms with Crippen LogP contribution in [-0.2, 0) is 16.1 Å². The Bertz CT molecular complexity index is 524.